The molecule has 110 valence electrons. The molecule has 0 aliphatic carbocycles. The van der Waals surface area contributed by atoms with Gasteiger partial charge in [-0.3, -0.25) is 9.59 Å². The van der Waals surface area contributed by atoms with Gasteiger partial charge >= 0.3 is 0 Å². The van der Waals surface area contributed by atoms with Gasteiger partial charge in [0.25, 0.3) is 11.5 Å². The third-order valence-corrected chi connectivity index (χ3v) is 3.05. The maximum Gasteiger partial charge on any atom is 0.264 e. The van der Waals surface area contributed by atoms with Crippen molar-refractivity contribution in [2.45, 2.75) is 20.8 Å². The van der Waals surface area contributed by atoms with Crippen molar-refractivity contribution < 1.29 is 9.53 Å². The van der Waals surface area contributed by atoms with Crippen molar-refractivity contribution in [2.75, 3.05) is 12.4 Å². The fourth-order valence-corrected chi connectivity index (χ4v) is 2.10. The third kappa shape index (κ3) is 3.10. The van der Waals surface area contributed by atoms with Crippen molar-refractivity contribution in [1.29, 1.82) is 0 Å². The first kappa shape index (κ1) is 14.8. The largest absolute Gasteiger partial charge is 0.495 e. The maximum absolute atomic E-state index is 12.3. The Hall–Kier alpha value is -2.63. The lowest BCUT2D eigenvalue weighted by molar-refractivity contribution is 0.102. The van der Waals surface area contributed by atoms with E-state index in [1.54, 1.807) is 26.0 Å². The third-order valence-electron chi connectivity index (χ3n) is 3.05. The molecular formula is C15H17N3O3. The molecule has 0 aliphatic rings. The van der Waals surface area contributed by atoms with Crippen molar-refractivity contribution in [1.82, 2.24) is 9.97 Å². The molecule has 6 nitrogen and oxygen atoms in total. The van der Waals surface area contributed by atoms with Crippen LogP contribution in [0.5, 0.6) is 5.75 Å². The van der Waals surface area contributed by atoms with Crippen molar-refractivity contribution in [3.63, 3.8) is 0 Å². The van der Waals surface area contributed by atoms with E-state index in [0.29, 0.717) is 23.0 Å². The Bertz CT molecular complexity index is 750. The summed E-state index contributed by atoms with van der Waals surface area (Å²) in [7, 11) is 1.52. The molecule has 0 aliphatic heterocycles. The van der Waals surface area contributed by atoms with Gasteiger partial charge in [-0.05, 0) is 38.5 Å². The minimum absolute atomic E-state index is 0.00385. The van der Waals surface area contributed by atoms with Gasteiger partial charge in [-0.2, -0.15) is 0 Å². The number of benzene rings is 1. The zero-order valence-corrected chi connectivity index (χ0v) is 12.4. The summed E-state index contributed by atoms with van der Waals surface area (Å²) in [5.74, 6) is 0.496. The molecule has 6 heteroatoms. The summed E-state index contributed by atoms with van der Waals surface area (Å²) in [5.41, 5.74) is 1.43. The monoisotopic (exact) mass is 287 g/mol. The molecule has 0 saturated heterocycles. The van der Waals surface area contributed by atoms with Gasteiger partial charge in [-0.25, -0.2) is 4.98 Å². The van der Waals surface area contributed by atoms with E-state index in [1.807, 2.05) is 13.0 Å². The molecule has 21 heavy (non-hydrogen) atoms. The van der Waals surface area contributed by atoms with Gasteiger partial charge in [-0.1, -0.05) is 6.07 Å². The van der Waals surface area contributed by atoms with E-state index in [2.05, 4.69) is 15.3 Å². The van der Waals surface area contributed by atoms with Gasteiger partial charge in [0, 0.05) is 0 Å². The van der Waals surface area contributed by atoms with Gasteiger partial charge in [0.05, 0.1) is 18.5 Å². The lowest BCUT2D eigenvalue weighted by atomic mass is 10.1. The molecule has 1 amide bonds. The Morgan fingerprint density at radius 1 is 1.29 bits per heavy atom. The SMILES string of the molecule is COc1ccc(C)cc1NC(=O)c1c(C)nc(C)[nH]c1=O. The zero-order chi connectivity index (χ0) is 15.6. The van der Waals surface area contributed by atoms with Crippen molar-refractivity contribution in [2.24, 2.45) is 0 Å². The summed E-state index contributed by atoms with van der Waals surface area (Å²) in [5, 5.41) is 2.70. The topological polar surface area (TPSA) is 84.1 Å². The normalized spacial score (nSPS) is 10.3. The summed E-state index contributed by atoms with van der Waals surface area (Å²) in [6.07, 6.45) is 0. The summed E-state index contributed by atoms with van der Waals surface area (Å²) >= 11 is 0. The van der Waals surface area contributed by atoms with Gasteiger partial charge < -0.3 is 15.0 Å². The number of methoxy groups -OCH3 is 1. The Kier molecular flexibility index (Phi) is 4.07. The number of hydrogen-bond donors (Lipinski definition) is 2. The van der Waals surface area contributed by atoms with Gasteiger partial charge in [-0.15, -0.1) is 0 Å². The molecule has 0 spiro atoms. The smallest absolute Gasteiger partial charge is 0.264 e. The molecule has 0 atom stereocenters. The molecule has 0 saturated carbocycles. The summed E-state index contributed by atoms with van der Waals surface area (Å²) < 4.78 is 5.20. The van der Waals surface area contributed by atoms with Crippen LogP contribution in [0.25, 0.3) is 0 Å². The summed E-state index contributed by atoms with van der Waals surface area (Å²) in [4.78, 5) is 30.9. The van der Waals surface area contributed by atoms with Gasteiger partial charge in [0.1, 0.15) is 17.1 Å². The van der Waals surface area contributed by atoms with Crippen molar-refractivity contribution in [3.8, 4) is 5.75 Å². The highest BCUT2D eigenvalue weighted by molar-refractivity contribution is 6.05. The Morgan fingerprint density at radius 2 is 2.00 bits per heavy atom. The molecule has 2 aromatic rings. The molecule has 2 rings (SSSR count). The number of H-pyrrole nitrogens is 1. The van der Waals surface area contributed by atoms with E-state index >= 15 is 0 Å². The van der Waals surface area contributed by atoms with Crippen LogP contribution in [0.2, 0.25) is 0 Å². The minimum atomic E-state index is -0.509. The molecule has 0 fully saturated rings. The number of ether oxygens (including phenoxy) is 1. The fourth-order valence-electron chi connectivity index (χ4n) is 2.10. The summed E-state index contributed by atoms with van der Waals surface area (Å²) in [6, 6.07) is 5.41. The number of carbonyl (C=O) groups excluding carboxylic acids is 1. The van der Waals surface area contributed by atoms with Crippen LogP contribution in [0, 0.1) is 20.8 Å². The van der Waals surface area contributed by atoms with Crippen molar-refractivity contribution in [3.05, 3.63) is 51.2 Å². The van der Waals surface area contributed by atoms with Crippen LogP contribution in [0.15, 0.2) is 23.0 Å². The lowest BCUT2D eigenvalue weighted by Crippen LogP contribution is -2.26. The standard InChI is InChI=1S/C15H17N3O3/c1-8-5-6-12(21-4)11(7-8)18-15(20)13-9(2)16-10(3)17-14(13)19/h5-7H,1-4H3,(H,18,20)(H,16,17,19). The van der Waals surface area contributed by atoms with Crippen LogP contribution in [0.1, 0.15) is 27.4 Å². The second-order valence-electron chi connectivity index (χ2n) is 4.77. The molecular weight excluding hydrogens is 270 g/mol. The Labute approximate surface area is 122 Å². The lowest BCUT2D eigenvalue weighted by Gasteiger charge is -2.11. The summed E-state index contributed by atoms with van der Waals surface area (Å²) in [6.45, 7) is 5.20. The molecule has 0 bridgehead atoms. The highest BCUT2D eigenvalue weighted by Gasteiger charge is 2.17. The van der Waals surface area contributed by atoms with E-state index in [-0.39, 0.29) is 5.56 Å². The molecule has 0 radical (unpaired) electrons. The van der Waals surface area contributed by atoms with Crippen LogP contribution in [0.4, 0.5) is 5.69 Å². The first-order valence-electron chi connectivity index (χ1n) is 6.46. The van der Waals surface area contributed by atoms with Crippen LogP contribution in [-0.4, -0.2) is 23.0 Å². The number of nitrogens with one attached hydrogen (secondary N) is 2. The van der Waals surface area contributed by atoms with Crippen LogP contribution < -0.4 is 15.6 Å². The Morgan fingerprint density at radius 3 is 2.62 bits per heavy atom. The number of amides is 1. The number of rotatable bonds is 3. The van der Waals surface area contributed by atoms with Crippen molar-refractivity contribution >= 4 is 11.6 Å². The minimum Gasteiger partial charge on any atom is -0.495 e. The van der Waals surface area contributed by atoms with E-state index < -0.39 is 11.5 Å². The second-order valence-corrected chi connectivity index (χ2v) is 4.77. The average molecular weight is 287 g/mol. The van der Waals surface area contributed by atoms with Gasteiger partial charge in [0.2, 0.25) is 0 Å². The van der Waals surface area contributed by atoms with Gasteiger partial charge in [0.15, 0.2) is 0 Å². The van der Waals surface area contributed by atoms with E-state index in [1.165, 1.54) is 7.11 Å². The average Bonchev–Trinajstić information content (AvgIpc) is 2.37. The fraction of sp³-hybridized carbons (Fsp3) is 0.267. The number of anilines is 1. The van der Waals surface area contributed by atoms with E-state index in [4.69, 9.17) is 4.74 Å². The number of aromatic nitrogens is 2. The molecule has 0 unspecified atom stereocenters. The predicted octanol–water partition coefficient (Wildman–Crippen LogP) is 1.96. The van der Waals surface area contributed by atoms with Crippen LogP contribution >= 0.6 is 0 Å². The van der Waals surface area contributed by atoms with Crippen LogP contribution in [0.3, 0.4) is 0 Å². The number of aryl methyl sites for hydroxylation is 3. The first-order chi connectivity index (χ1) is 9.92. The molecule has 1 heterocycles. The number of aromatic amines is 1. The molecule has 1 aromatic carbocycles. The van der Waals surface area contributed by atoms with E-state index in [0.717, 1.165) is 5.56 Å². The molecule has 1 aromatic heterocycles. The highest BCUT2D eigenvalue weighted by atomic mass is 16.5. The predicted molar refractivity (Wildman–Crippen MR) is 80.0 cm³/mol. The number of carbonyl (C=O) groups is 1. The highest BCUT2D eigenvalue weighted by Crippen LogP contribution is 2.25. The Balaban J connectivity index is 2.39. The maximum atomic E-state index is 12.3. The number of nitrogens with zero attached hydrogens (tertiary/aromatic N) is 1. The second kappa shape index (κ2) is 5.78. The first-order valence-corrected chi connectivity index (χ1v) is 6.46. The van der Waals surface area contributed by atoms with Crippen LogP contribution in [-0.2, 0) is 0 Å². The quantitative estimate of drug-likeness (QED) is 0.903. The van der Waals surface area contributed by atoms with E-state index in [9.17, 15) is 9.59 Å². The number of hydrogen-bond acceptors (Lipinski definition) is 4. The zero-order valence-electron chi connectivity index (χ0n) is 12.4. The molecule has 2 N–H and O–H groups in total.